The summed E-state index contributed by atoms with van der Waals surface area (Å²) in [6, 6.07) is 76.4. The molecule has 1 aliphatic carbocycles. The number of rotatable bonds is 15. The maximum atomic E-state index is 12.5. The molecule has 0 radical (unpaired) electrons. The van der Waals surface area contributed by atoms with E-state index in [-0.39, 0.29) is 57.0 Å². The lowest BCUT2D eigenvalue weighted by molar-refractivity contribution is -0.144. The summed E-state index contributed by atoms with van der Waals surface area (Å²) in [5.74, 6) is -1.17. The number of ketones is 6. The first-order valence-electron chi connectivity index (χ1n) is 38.4. The van der Waals surface area contributed by atoms with E-state index in [9.17, 15) is 52.7 Å². The molecule has 9 aromatic rings. The van der Waals surface area contributed by atoms with Gasteiger partial charge in [0, 0.05) is 55.8 Å². The molecule has 0 bridgehead atoms. The number of hydrogen-bond donors (Lipinski definition) is 0. The number of carbonyl (C=O) groups is 11. The van der Waals surface area contributed by atoms with Crippen LogP contribution in [-0.4, -0.2) is 90.7 Å². The lowest BCUT2D eigenvalue weighted by Gasteiger charge is -2.09. The largest absolute Gasteiger partial charge is 0.465 e. The van der Waals surface area contributed by atoms with Crippen LogP contribution in [0.25, 0.3) is 0 Å². The van der Waals surface area contributed by atoms with Gasteiger partial charge < -0.3 is 28.4 Å². The Hall–Kier alpha value is -13.5. The standard InChI is InChI=1S/C18H16O4.C18H16O2.C13H14O3.C12H12O.2C11H10OS.C11H12O.C8H12O4/c1-13(2)16(17(19)21-14-9-5-3-6-10-14)18(20)22-15-11-7-4-8-12-15;1-13(2)16(17(19)14-9-5-3-6-10-14)18(20)15-11-7-4-8-12-15;1-9(2)11(13(15)16-3)12(14)10-7-5-4-6-8-10;1-8(2)11-7-9-5-3-4-6-10(9)12(11)13;1-7(2)11-10(12)8-5-3-4-6-9(8)13-11;1-7(2)10-11(13)8-5-3-4-6-9(8)12-10;1-9(2)8-11(12)10-6-4-3-5-7-10;1-5(2)6(7(9)11-3)8(10)12-4/h3-12H,1-2H3;3-12H,1-2H3;4-8H,1-3H3;3-6H,7H2,1-2H3;2*3-6H,1-2H3;3-8H,1-2H3;1-4H3. The Labute approximate surface area is 719 Å². The summed E-state index contributed by atoms with van der Waals surface area (Å²) in [5, 5.41) is 0. The number of ether oxygens (including phenoxy) is 6. The quantitative estimate of drug-likeness (QED) is 0.0135. The van der Waals surface area contributed by atoms with Crippen LogP contribution in [0, 0.1) is 0 Å². The van der Waals surface area contributed by atoms with E-state index in [1.807, 2.05) is 189 Å². The summed E-state index contributed by atoms with van der Waals surface area (Å²) in [7, 11) is 3.70. The van der Waals surface area contributed by atoms with E-state index in [2.05, 4.69) is 14.2 Å². The third kappa shape index (κ3) is 29.8. The number of hydrogen-bond acceptors (Lipinski definition) is 19. The van der Waals surface area contributed by atoms with E-state index in [4.69, 9.17) is 26.4 Å². The Bertz CT molecular complexity index is 5180. The van der Waals surface area contributed by atoms with Crippen LogP contribution in [0.1, 0.15) is 184 Å². The van der Waals surface area contributed by atoms with Crippen molar-refractivity contribution in [2.24, 2.45) is 0 Å². The third-order valence-corrected chi connectivity index (χ3v) is 19.0. The predicted molar refractivity (Wildman–Crippen MR) is 481 cm³/mol. The van der Waals surface area contributed by atoms with Crippen molar-refractivity contribution in [3.63, 3.8) is 0 Å². The van der Waals surface area contributed by atoms with E-state index < -0.39 is 29.8 Å². The van der Waals surface area contributed by atoms with Gasteiger partial charge in [0.15, 0.2) is 28.9 Å². The molecule has 121 heavy (non-hydrogen) atoms. The second-order valence-corrected chi connectivity index (χ2v) is 30.0. The highest BCUT2D eigenvalue weighted by atomic mass is 32.2. The lowest BCUT2D eigenvalue weighted by Crippen LogP contribution is -2.23. The molecule has 0 atom stereocenters. The summed E-state index contributed by atoms with van der Waals surface area (Å²) in [4.78, 5) is 133. The van der Waals surface area contributed by atoms with Gasteiger partial charge in [-0.2, -0.15) is 0 Å². The Balaban J connectivity index is 0.000000248. The van der Waals surface area contributed by atoms with Gasteiger partial charge in [0.05, 0.1) is 36.7 Å². The van der Waals surface area contributed by atoms with Crippen LogP contribution in [-0.2, 0) is 44.6 Å². The van der Waals surface area contributed by atoms with Crippen molar-refractivity contribution < 1.29 is 81.2 Å². The van der Waals surface area contributed by atoms with Gasteiger partial charge in [-0.25, -0.2) is 24.0 Å². The molecule has 9 aromatic carbocycles. The van der Waals surface area contributed by atoms with Gasteiger partial charge in [-0.3, -0.25) is 28.8 Å². The Morgan fingerprint density at radius 3 is 1.04 bits per heavy atom. The number of thiocarbonyl (C=S) groups is 1. The Morgan fingerprint density at radius 1 is 0.347 bits per heavy atom. The molecule has 0 saturated heterocycles. The third-order valence-electron chi connectivity index (χ3n) is 17.3. The number of fused-ring (bicyclic) bond motifs is 3. The number of carbonyl (C=O) groups excluding carboxylic acids is 11. The predicted octanol–water partition coefficient (Wildman–Crippen LogP) is 22.6. The fourth-order valence-corrected chi connectivity index (χ4v) is 12.7. The molecule has 17 nitrogen and oxygen atoms in total. The van der Waals surface area contributed by atoms with Gasteiger partial charge in [-0.1, -0.05) is 269 Å². The fraction of sp³-hybridized carbons (Fsp3) is 0.196. The van der Waals surface area contributed by atoms with E-state index >= 15 is 0 Å². The first kappa shape index (κ1) is 98.1. The van der Waals surface area contributed by atoms with Crippen LogP contribution in [0.15, 0.2) is 349 Å². The van der Waals surface area contributed by atoms with Gasteiger partial charge in [-0.15, -0.1) is 0 Å². The molecule has 2 heterocycles. The van der Waals surface area contributed by atoms with Crippen molar-refractivity contribution in [1.82, 2.24) is 0 Å². The maximum Gasteiger partial charge on any atom is 0.350 e. The lowest BCUT2D eigenvalue weighted by atomic mass is 9.93. The molecule has 0 spiro atoms. The van der Waals surface area contributed by atoms with E-state index in [0.717, 1.165) is 88.3 Å². The van der Waals surface area contributed by atoms with E-state index in [1.54, 1.807) is 195 Å². The summed E-state index contributed by atoms with van der Waals surface area (Å²) < 4.78 is 29.4. The van der Waals surface area contributed by atoms with Crippen LogP contribution >= 0.6 is 24.0 Å². The maximum absolute atomic E-state index is 12.5. The summed E-state index contributed by atoms with van der Waals surface area (Å²) in [6.45, 7) is 29.4. The number of esters is 5. The van der Waals surface area contributed by atoms with Gasteiger partial charge in [0.2, 0.25) is 5.78 Å². The van der Waals surface area contributed by atoms with Crippen LogP contribution in [0.4, 0.5) is 0 Å². The highest BCUT2D eigenvalue weighted by Crippen LogP contribution is 2.41. The normalized spacial score (nSPS) is 11.1. The number of thioether (sulfide) groups is 1. The smallest absolute Gasteiger partial charge is 0.350 e. The van der Waals surface area contributed by atoms with E-state index in [0.29, 0.717) is 44.9 Å². The van der Waals surface area contributed by atoms with Crippen LogP contribution in [0.2, 0.25) is 0 Å². The van der Waals surface area contributed by atoms with Crippen molar-refractivity contribution in [2.75, 3.05) is 21.3 Å². The second-order valence-electron chi connectivity index (χ2n) is 28.6. The van der Waals surface area contributed by atoms with Crippen molar-refractivity contribution >= 4 is 93.4 Å². The topological polar surface area (TPSA) is 243 Å². The second kappa shape index (κ2) is 49.7. The molecule has 0 fully saturated rings. The summed E-state index contributed by atoms with van der Waals surface area (Å²) >= 11 is 6.87. The number of methoxy groups -OCH3 is 3. The van der Waals surface area contributed by atoms with Crippen molar-refractivity contribution in [3.05, 3.63) is 388 Å². The minimum Gasteiger partial charge on any atom is -0.465 e. The summed E-state index contributed by atoms with van der Waals surface area (Å²) in [6.07, 6.45) is 2.46. The first-order valence-corrected chi connectivity index (χ1v) is 39.6. The molecule has 2 aliphatic heterocycles. The Morgan fingerprint density at radius 2 is 0.686 bits per heavy atom. The van der Waals surface area contributed by atoms with Gasteiger partial charge in [0.1, 0.15) is 39.7 Å². The molecule has 624 valence electrons. The molecular weight excluding hydrogens is 1560 g/mol. The zero-order valence-electron chi connectivity index (χ0n) is 71.8. The SMILES string of the molecule is CC(C)=C(C(=O)Oc1ccccc1)C(=O)Oc1ccccc1.CC(C)=C(C(=O)c1ccccc1)C(=O)c1ccccc1.CC(C)=C1Cc2ccccc2C1=O.CC(C)=C1Oc2ccccc2C1=S.CC(C)=C1Sc2ccccc2C1=O.CC(C)=CC(=O)c1ccccc1.COC(=O)C(C(=O)OC)=C(C)C.COC(=O)C(C(=O)c1ccccc1)=C(C)C. The Kier molecular flexibility index (Phi) is 40.3. The molecular formula is C102H102O17S2. The molecule has 0 amide bonds. The number of allylic oxidation sites excluding steroid dienone is 13. The summed E-state index contributed by atoms with van der Waals surface area (Å²) in [5.41, 5.74) is 14.3. The average Bonchev–Trinajstić information content (AvgIpc) is 1.64. The van der Waals surface area contributed by atoms with Crippen LogP contribution < -0.4 is 14.2 Å². The van der Waals surface area contributed by atoms with Crippen LogP contribution in [0.3, 0.4) is 0 Å². The fourth-order valence-electron chi connectivity index (χ4n) is 11.2. The van der Waals surface area contributed by atoms with Crippen molar-refractivity contribution in [3.8, 4) is 17.2 Å². The molecule has 0 aromatic heterocycles. The van der Waals surface area contributed by atoms with Gasteiger partial charge in [-0.05, 0) is 177 Å². The molecule has 12 rings (SSSR count). The number of para-hydroxylation sites is 3. The number of benzene rings is 9. The highest BCUT2D eigenvalue weighted by molar-refractivity contribution is 8.04. The zero-order valence-corrected chi connectivity index (χ0v) is 73.4. The monoisotopic (exact) mass is 1660 g/mol. The number of Topliss-reactive ketones (excluding diaryl/α,β-unsaturated/α-hetero) is 5. The average molecular weight is 1660 g/mol. The van der Waals surface area contributed by atoms with E-state index in [1.165, 1.54) is 26.9 Å². The molecule has 0 saturated carbocycles. The molecule has 19 heteroatoms. The van der Waals surface area contributed by atoms with Crippen LogP contribution in [0.5, 0.6) is 17.2 Å². The van der Waals surface area contributed by atoms with Gasteiger partial charge in [0.25, 0.3) is 0 Å². The minimum atomic E-state index is -0.730. The molecule has 0 unspecified atom stereocenters. The zero-order chi connectivity index (χ0) is 89.6. The minimum absolute atomic E-state index is 0.0417. The molecule has 3 aliphatic rings. The molecule has 0 N–H and O–H groups in total. The first-order chi connectivity index (χ1) is 57.6. The van der Waals surface area contributed by atoms with Gasteiger partial charge >= 0.3 is 29.8 Å². The highest BCUT2D eigenvalue weighted by Gasteiger charge is 2.30. The van der Waals surface area contributed by atoms with Crippen molar-refractivity contribution in [1.29, 1.82) is 0 Å². The van der Waals surface area contributed by atoms with Crippen molar-refractivity contribution in [2.45, 2.75) is 122 Å².